The van der Waals surface area contributed by atoms with E-state index in [9.17, 15) is 0 Å². The summed E-state index contributed by atoms with van der Waals surface area (Å²) in [5, 5.41) is 0. The van der Waals surface area contributed by atoms with Crippen LogP contribution in [0.15, 0.2) is 49.0 Å². The van der Waals surface area contributed by atoms with Crippen LogP contribution >= 0.6 is 30.3 Å². The normalized spacial score (nSPS) is 10.0. The molecule has 0 unspecified atom stereocenters. The Kier molecular flexibility index (Phi) is 5.81. The third-order valence-electron chi connectivity index (χ3n) is 3.14. The van der Waals surface area contributed by atoms with E-state index in [0.29, 0.717) is 0 Å². The van der Waals surface area contributed by atoms with E-state index >= 15 is 0 Å². The minimum atomic E-state index is 0.809. The Morgan fingerprint density at radius 3 is 2.24 bits per heavy atom. The van der Waals surface area contributed by atoms with Crippen LogP contribution in [0.2, 0.25) is 0 Å². The summed E-state index contributed by atoms with van der Waals surface area (Å²) in [6.45, 7) is 4.22. The number of halogens is 1. The molecule has 0 aromatic heterocycles. The number of nitrogens with one attached hydrogen (secondary N) is 1. The molecule has 0 heterocycles. The van der Waals surface area contributed by atoms with E-state index in [1.807, 2.05) is 42.5 Å². The van der Waals surface area contributed by atoms with Crippen LogP contribution in [-0.4, -0.2) is 14.2 Å². The van der Waals surface area contributed by atoms with Crippen molar-refractivity contribution in [2.75, 3.05) is 18.9 Å². The predicted molar refractivity (Wildman–Crippen MR) is 99.4 cm³/mol. The molecule has 5 heteroatoms. The van der Waals surface area contributed by atoms with Crippen molar-refractivity contribution in [2.45, 2.75) is 0 Å². The summed E-state index contributed by atoms with van der Waals surface area (Å²) in [4.78, 5) is 0. The number of hydrogen-bond acceptors (Lipinski definition) is 4. The van der Waals surface area contributed by atoms with E-state index in [0.717, 1.165) is 33.9 Å². The summed E-state index contributed by atoms with van der Waals surface area (Å²) in [6.07, 6.45) is 0. The fraction of sp³-hybridized carbons (Fsp3) is 0.125. The highest BCUT2D eigenvalue weighted by Gasteiger charge is 2.10. The zero-order chi connectivity index (χ0) is 15.2. The van der Waals surface area contributed by atoms with Crippen LogP contribution in [0.25, 0.3) is 5.57 Å². The fourth-order valence-electron chi connectivity index (χ4n) is 1.98. The molecule has 0 saturated carbocycles. The van der Waals surface area contributed by atoms with Crippen LogP contribution < -0.4 is 14.2 Å². The zero-order valence-electron chi connectivity index (χ0n) is 11.9. The van der Waals surface area contributed by atoms with E-state index < -0.39 is 0 Å². The maximum Gasteiger partial charge on any atom is 0.119 e. The summed E-state index contributed by atoms with van der Waals surface area (Å²) in [6, 6.07) is 13.8. The number of hydrogen-bond donors (Lipinski definition) is 1. The van der Waals surface area contributed by atoms with Crippen LogP contribution in [0.3, 0.4) is 0 Å². The fourth-order valence-corrected chi connectivity index (χ4v) is 2.95. The summed E-state index contributed by atoms with van der Waals surface area (Å²) in [5.41, 5.74) is 4.01. The quantitative estimate of drug-likeness (QED) is 0.523. The van der Waals surface area contributed by atoms with E-state index in [-0.39, 0.29) is 0 Å². The Morgan fingerprint density at radius 2 is 1.67 bits per heavy atom. The summed E-state index contributed by atoms with van der Waals surface area (Å²) in [7, 11) is 4.84. The number of rotatable bonds is 6. The molecule has 0 aliphatic heterocycles. The molecule has 0 amide bonds. The number of ether oxygens (including phenoxy) is 2. The third-order valence-corrected chi connectivity index (χ3v) is 4.10. The van der Waals surface area contributed by atoms with Gasteiger partial charge >= 0.3 is 0 Å². The molecule has 0 aliphatic carbocycles. The van der Waals surface area contributed by atoms with Gasteiger partial charge in [-0.1, -0.05) is 18.7 Å². The lowest BCUT2D eigenvalue weighted by Gasteiger charge is -2.14. The van der Waals surface area contributed by atoms with E-state index in [1.54, 1.807) is 14.2 Å². The first-order valence-corrected chi connectivity index (χ1v) is 9.61. The second kappa shape index (κ2) is 7.61. The standard InChI is InChI=1S/C16H16INO2S/c1-11(12-4-6-13(19-2)7-5-12)15-10-14(20-3)8-9-16(15)18-21-17/h4-10,18H,1H2,2-3H3. The molecule has 0 atom stereocenters. The van der Waals surface area contributed by atoms with Gasteiger partial charge in [0.2, 0.25) is 0 Å². The van der Waals surface area contributed by atoms with Crippen LogP contribution in [0.4, 0.5) is 5.69 Å². The summed E-state index contributed by atoms with van der Waals surface area (Å²) >= 11 is 2.20. The van der Waals surface area contributed by atoms with Crippen molar-refractivity contribution in [3.05, 3.63) is 60.2 Å². The van der Waals surface area contributed by atoms with Crippen molar-refractivity contribution < 1.29 is 9.47 Å². The molecule has 21 heavy (non-hydrogen) atoms. The molecular weight excluding hydrogens is 397 g/mol. The second-order valence-electron chi connectivity index (χ2n) is 4.30. The number of methoxy groups -OCH3 is 2. The molecule has 0 saturated heterocycles. The predicted octanol–water partition coefficient (Wildman–Crippen LogP) is 5.18. The highest BCUT2D eigenvalue weighted by Crippen LogP contribution is 2.34. The molecular formula is C16H16INO2S. The molecule has 0 radical (unpaired) electrons. The van der Waals surface area contributed by atoms with Crippen molar-refractivity contribution in [2.24, 2.45) is 0 Å². The Morgan fingerprint density at radius 1 is 1.05 bits per heavy atom. The van der Waals surface area contributed by atoms with Gasteiger partial charge in [-0.3, -0.25) is 0 Å². The monoisotopic (exact) mass is 413 g/mol. The number of benzene rings is 2. The van der Waals surface area contributed by atoms with Gasteiger partial charge in [-0.2, -0.15) is 0 Å². The first-order valence-electron chi connectivity index (χ1n) is 6.25. The topological polar surface area (TPSA) is 30.5 Å². The Bertz CT molecular complexity index is 629. The Balaban J connectivity index is 2.39. The molecule has 2 rings (SSSR count). The lowest BCUT2D eigenvalue weighted by atomic mass is 9.98. The smallest absolute Gasteiger partial charge is 0.119 e. The van der Waals surface area contributed by atoms with Gasteiger partial charge in [0.05, 0.1) is 19.9 Å². The van der Waals surface area contributed by atoms with Gasteiger partial charge in [-0.05, 0) is 41.5 Å². The zero-order valence-corrected chi connectivity index (χ0v) is 14.8. The molecule has 2 aromatic carbocycles. The minimum Gasteiger partial charge on any atom is -0.497 e. The summed E-state index contributed by atoms with van der Waals surface area (Å²) < 4.78 is 13.8. The minimum absolute atomic E-state index is 0.809. The molecule has 0 spiro atoms. The van der Waals surface area contributed by atoms with Crippen molar-refractivity contribution in [3.63, 3.8) is 0 Å². The van der Waals surface area contributed by atoms with Crippen molar-refractivity contribution >= 4 is 41.6 Å². The average molecular weight is 413 g/mol. The van der Waals surface area contributed by atoms with Crippen molar-refractivity contribution in [3.8, 4) is 11.5 Å². The first kappa shape index (κ1) is 16.0. The molecule has 0 bridgehead atoms. The molecule has 0 aliphatic rings. The Labute approximate surface area is 141 Å². The first-order chi connectivity index (χ1) is 10.2. The largest absolute Gasteiger partial charge is 0.497 e. The van der Waals surface area contributed by atoms with Crippen LogP contribution in [0.5, 0.6) is 11.5 Å². The van der Waals surface area contributed by atoms with Crippen LogP contribution in [0.1, 0.15) is 11.1 Å². The lowest BCUT2D eigenvalue weighted by molar-refractivity contribution is 0.414. The van der Waals surface area contributed by atoms with Gasteiger partial charge in [0.1, 0.15) is 11.5 Å². The van der Waals surface area contributed by atoms with Crippen LogP contribution in [0, 0.1) is 0 Å². The van der Waals surface area contributed by atoms with Gasteiger partial charge < -0.3 is 14.2 Å². The Hall–Kier alpha value is -1.34. The summed E-state index contributed by atoms with van der Waals surface area (Å²) in [5.74, 6) is 1.64. The maximum atomic E-state index is 5.31. The molecule has 2 aromatic rings. The molecule has 3 nitrogen and oxygen atoms in total. The molecule has 1 N–H and O–H groups in total. The van der Waals surface area contributed by atoms with Gasteiger partial charge in [0.15, 0.2) is 0 Å². The third kappa shape index (κ3) is 3.85. The maximum absolute atomic E-state index is 5.31. The van der Waals surface area contributed by atoms with Crippen molar-refractivity contribution in [1.29, 1.82) is 0 Å². The highest BCUT2D eigenvalue weighted by atomic mass is 127. The van der Waals surface area contributed by atoms with Crippen molar-refractivity contribution in [1.82, 2.24) is 0 Å². The van der Waals surface area contributed by atoms with E-state index in [2.05, 4.69) is 32.5 Å². The second-order valence-corrected chi connectivity index (χ2v) is 5.98. The van der Waals surface area contributed by atoms with E-state index in [1.165, 1.54) is 9.12 Å². The number of anilines is 1. The van der Waals surface area contributed by atoms with Gasteiger partial charge in [-0.15, -0.1) is 0 Å². The van der Waals surface area contributed by atoms with Gasteiger partial charge in [-0.25, -0.2) is 0 Å². The molecule has 110 valence electrons. The SMILES string of the molecule is C=C(c1ccc(OC)cc1)c1cc(OC)ccc1NSI. The highest BCUT2D eigenvalue weighted by molar-refractivity contribution is 14.2. The van der Waals surface area contributed by atoms with Crippen LogP contribution in [-0.2, 0) is 0 Å². The molecule has 0 fully saturated rings. The van der Waals surface area contributed by atoms with Gasteiger partial charge in [0.25, 0.3) is 0 Å². The van der Waals surface area contributed by atoms with E-state index in [4.69, 9.17) is 9.47 Å². The average Bonchev–Trinajstić information content (AvgIpc) is 2.55. The van der Waals surface area contributed by atoms with Gasteiger partial charge in [0, 0.05) is 35.9 Å². The lowest BCUT2D eigenvalue weighted by Crippen LogP contribution is -1.95.